The molecule has 3 heteroatoms. The van der Waals surface area contributed by atoms with E-state index in [1.807, 2.05) is 10.2 Å². The minimum absolute atomic E-state index is 0.527. The molecule has 1 atom stereocenters. The van der Waals surface area contributed by atoms with Crippen LogP contribution in [0.5, 0.6) is 0 Å². The van der Waals surface area contributed by atoms with E-state index >= 15 is 0 Å². The average Bonchev–Trinajstić information content (AvgIpc) is 2.87. The number of benzene rings is 1. The van der Waals surface area contributed by atoms with Crippen LogP contribution in [0.3, 0.4) is 0 Å². The molecule has 0 radical (unpaired) electrons. The molecule has 1 aliphatic rings. The van der Waals surface area contributed by atoms with Gasteiger partial charge in [0, 0.05) is 0 Å². The van der Waals surface area contributed by atoms with Crippen molar-refractivity contribution in [3.63, 3.8) is 0 Å². The van der Waals surface area contributed by atoms with Gasteiger partial charge < -0.3 is 0 Å². The van der Waals surface area contributed by atoms with Crippen LogP contribution in [0.4, 0.5) is 0 Å². The normalized spacial score (nSPS) is 22.8. The fourth-order valence-electron chi connectivity index (χ4n) is 2.14. The Morgan fingerprint density at radius 1 is 1.31 bits per heavy atom. The molecule has 1 fully saturated rings. The third-order valence-electron chi connectivity index (χ3n) is 3.66. The zero-order valence-corrected chi connectivity index (χ0v) is 13.1. The molecule has 2 N–H and O–H groups in total. The summed E-state index contributed by atoms with van der Waals surface area (Å²) in [6.45, 7) is 4.69. The maximum atomic E-state index is 5.84. The second-order valence-electron chi connectivity index (χ2n) is 5.43. The Morgan fingerprint density at radius 3 is 2.19 bits per heavy atom. The first-order chi connectivity index (χ1) is 7.42. The first-order valence-electron chi connectivity index (χ1n) is 5.74. The fraction of sp³-hybridized carbons (Fsp3) is 0.538. The van der Waals surface area contributed by atoms with Crippen LogP contribution >= 0.6 is 0 Å². The van der Waals surface area contributed by atoms with E-state index < -0.39 is 20.5 Å². The van der Waals surface area contributed by atoms with Crippen LogP contribution < -0.4 is 9.35 Å². The second kappa shape index (κ2) is 4.33. The summed E-state index contributed by atoms with van der Waals surface area (Å²) in [7, 11) is 1.99. The molecule has 1 aliphatic carbocycles. The molecule has 2 nitrogen and oxygen atoms in total. The number of hydrazine groups is 1. The molecule has 0 aliphatic heterocycles. The van der Waals surface area contributed by atoms with Gasteiger partial charge in [0.1, 0.15) is 0 Å². The third-order valence-corrected chi connectivity index (χ3v) is 9.34. The van der Waals surface area contributed by atoms with Gasteiger partial charge in [-0.3, -0.25) is 0 Å². The predicted molar refractivity (Wildman–Crippen MR) is 70.8 cm³/mol. The van der Waals surface area contributed by atoms with Gasteiger partial charge in [-0.05, 0) is 0 Å². The summed E-state index contributed by atoms with van der Waals surface area (Å²) in [5.41, 5.74) is 2.03. The van der Waals surface area contributed by atoms with Crippen LogP contribution in [0, 0.1) is 5.41 Å². The van der Waals surface area contributed by atoms with Gasteiger partial charge >= 0.3 is 106 Å². The number of nitrogens with two attached hydrogens (primary N) is 1. The van der Waals surface area contributed by atoms with E-state index in [9.17, 15) is 0 Å². The molecule has 1 aromatic carbocycles. The zero-order valence-electron chi connectivity index (χ0n) is 10.6. The van der Waals surface area contributed by atoms with Crippen LogP contribution in [0.15, 0.2) is 24.3 Å². The number of hydrogen-bond donors (Lipinski definition) is 1. The Balaban J connectivity index is 2.12. The topological polar surface area (TPSA) is 29.3 Å². The van der Waals surface area contributed by atoms with E-state index in [1.54, 1.807) is 0 Å². The zero-order chi connectivity index (χ0) is 11.9. The Kier molecular flexibility index (Phi) is 3.36. The average molecular weight is 327 g/mol. The van der Waals surface area contributed by atoms with Crippen molar-refractivity contribution in [2.75, 3.05) is 7.05 Å². The van der Waals surface area contributed by atoms with Gasteiger partial charge in [-0.1, -0.05) is 0 Å². The molecule has 0 bridgehead atoms. The van der Waals surface area contributed by atoms with Gasteiger partial charge in [0.25, 0.3) is 0 Å². The summed E-state index contributed by atoms with van der Waals surface area (Å²) < 4.78 is 3.40. The summed E-state index contributed by atoms with van der Waals surface area (Å²) in [6.07, 6.45) is 1.33. The number of nitrogens with zero attached hydrogens (tertiary/aromatic N) is 1. The van der Waals surface area contributed by atoms with Gasteiger partial charge in [-0.25, -0.2) is 0 Å². The molecule has 0 aromatic heterocycles. The van der Waals surface area contributed by atoms with Gasteiger partial charge in [0.2, 0.25) is 0 Å². The van der Waals surface area contributed by atoms with E-state index in [0.29, 0.717) is 5.41 Å². The van der Waals surface area contributed by atoms with Crippen molar-refractivity contribution >= 4 is 24.0 Å². The van der Waals surface area contributed by atoms with Crippen LogP contribution in [0.25, 0.3) is 0 Å². The molecule has 16 heavy (non-hydrogen) atoms. The molecular formula is C13H21N2Sb. The van der Waals surface area contributed by atoms with E-state index in [-0.39, 0.29) is 0 Å². The van der Waals surface area contributed by atoms with Gasteiger partial charge in [0.05, 0.1) is 0 Å². The van der Waals surface area contributed by atoms with Crippen molar-refractivity contribution in [2.24, 2.45) is 11.3 Å². The van der Waals surface area contributed by atoms with Crippen molar-refractivity contribution in [3.05, 3.63) is 29.8 Å². The molecule has 1 aromatic rings. The predicted octanol–water partition coefficient (Wildman–Crippen LogP) is 1.83. The van der Waals surface area contributed by atoms with Crippen molar-refractivity contribution < 1.29 is 0 Å². The van der Waals surface area contributed by atoms with Gasteiger partial charge in [0.15, 0.2) is 0 Å². The summed E-state index contributed by atoms with van der Waals surface area (Å²) in [5.74, 6) is 6.61. The summed E-state index contributed by atoms with van der Waals surface area (Å²) in [6, 6.07) is 9.18. The SMILES string of the molecule is C[N](N)[Sb]([CH3])[c]1ccc(C2CC2(C)C)cc1. The summed E-state index contributed by atoms with van der Waals surface area (Å²) >= 11 is -1.52. The molecule has 0 amide bonds. The van der Waals surface area contributed by atoms with Crippen molar-refractivity contribution in [3.8, 4) is 0 Å². The summed E-state index contributed by atoms with van der Waals surface area (Å²) in [5, 5.41) is 0. The first-order valence-corrected chi connectivity index (χ1v) is 10.7. The van der Waals surface area contributed by atoms with E-state index in [4.69, 9.17) is 5.84 Å². The van der Waals surface area contributed by atoms with E-state index in [0.717, 1.165) is 5.92 Å². The summed E-state index contributed by atoms with van der Waals surface area (Å²) in [4.78, 5) is 2.30. The van der Waals surface area contributed by atoms with Crippen LogP contribution in [-0.2, 0) is 0 Å². The molecule has 0 heterocycles. The first kappa shape index (κ1) is 12.4. The molecule has 2 rings (SSSR count). The monoisotopic (exact) mass is 326 g/mol. The quantitative estimate of drug-likeness (QED) is 0.521. The Bertz CT molecular complexity index is 349. The van der Waals surface area contributed by atoms with Crippen molar-refractivity contribution in [2.45, 2.75) is 31.1 Å². The molecule has 0 saturated heterocycles. The van der Waals surface area contributed by atoms with Crippen LogP contribution in [0.2, 0.25) is 4.87 Å². The molecule has 1 saturated carbocycles. The third kappa shape index (κ3) is 2.45. The number of hydrogen-bond acceptors (Lipinski definition) is 2. The molecular weight excluding hydrogens is 306 g/mol. The molecule has 1 unspecified atom stereocenters. The van der Waals surface area contributed by atoms with Crippen molar-refractivity contribution in [1.82, 2.24) is 3.17 Å². The molecule has 0 spiro atoms. The standard InChI is InChI=1S/C11H13.CH5N2.CH3.Sb/c1-11(2)8-10(11)9-6-4-3-5-7-9;1-3-2;;/h4-7,10H,8H2,1-2H3;2H2,1H3;1H3;/q;-1;;+1. The maximum absolute atomic E-state index is 5.84. The van der Waals surface area contributed by atoms with E-state index in [2.05, 4.69) is 43.0 Å². The Morgan fingerprint density at radius 2 is 1.81 bits per heavy atom. The van der Waals surface area contributed by atoms with Crippen LogP contribution in [0.1, 0.15) is 31.7 Å². The Labute approximate surface area is 106 Å². The van der Waals surface area contributed by atoms with Gasteiger partial charge in [-0.2, -0.15) is 0 Å². The Hall–Kier alpha value is -0.0418. The van der Waals surface area contributed by atoms with E-state index in [1.165, 1.54) is 15.5 Å². The van der Waals surface area contributed by atoms with Crippen LogP contribution in [-0.4, -0.2) is 30.7 Å². The second-order valence-corrected chi connectivity index (χ2v) is 11.7. The minimum atomic E-state index is -1.52. The fourth-order valence-corrected chi connectivity index (χ4v) is 4.84. The molecule has 88 valence electrons. The van der Waals surface area contributed by atoms with Crippen molar-refractivity contribution in [1.29, 1.82) is 0 Å². The number of rotatable bonds is 3. The van der Waals surface area contributed by atoms with Gasteiger partial charge in [-0.15, -0.1) is 0 Å².